The van der Waals surface area contributed by atoms with Crippen molar-refractivity contribution in [2.24, 2.45) is 5.41 Å². The Morgan fingerprint density at radius 1 is 1.25 bits per heavy atom. The molecule has 16 heavy (non-hydrogen) atoms. The van der Waals surface area contributed by atoms with Gasteiger partial charge in [0.25, 0.3) is 0 Å². The fraction of sp³-hybridized carbons (Fsp3) is 0.364. The van der Waals surface area contributed by atoms with Crippen LogP contribution >= 0.6 is 0 Å². The van der Waals surface area contributed by atoms with Crippen LogP contribution in [0.15, 0.2) is 29.2 Å². The van der Waals surface area contributed by atoms with Crippen LogP contribution in [-0.2, 0) is 15.9 Å². The molecule has 1 aromatic carbocycles. The SMILES string of the molecule is CC(C)(C)C(=O)Oc1ccc(S(=O)[O-])cc1. The maximum absolute atomic E-state index is 11.5. The third-order valence-electron chi connectivity index (χ3n) is 1.84. The molecule has 1 rings (SSSR count). The molecule has 1 aromatic rings. The van der Waals surface area contributed by atoms with E-state index in [1.54, 1.807) is 20.8 Å². The smallest absolute Gasteiger partial charge is 0.316 e. The summed E-state index contributed by atoms with van der Waals surface area (Å²) in [5.74, 6) is -0.0161. The van der Waals surface area contributed by atoms with Crippen molar-refractivity contribution in [3.05, 3.63) is 24.3 Å². The van der Waals surface area contributed by atoms with Gasteiger partial charge in [0.1, 0.15) is 5.75 Å². The molecule has 0 heterocycles. The van der Waals surface area contributed by atoms with Crippen LogP contribution in [-0.4, -0.2) is 14.7 Å². The molecule has 0 aliphatic rings. The first kappa shape index (κ1) is 12.9. The van der Waals surface area contributed by atoms with Gasteiger partial charge >= 0.3 is 5.97 Å². The summed E-state index contributed by atoms with van der Waals surface area (Å²) < 4.78 is 26.2. The van der Waals surface area contributed by atoms with Gasteiger partial charge in [-0.25, -0.2) is 0 Å². The standard InChI is InChI=1S/C11H14O4S/c1-11(2,3)10(12)15-8-4-6-9(7-5-8)16(13)14/h4-7H,1-3H3,(H,13,14)/p-1. The monoisotopic (exact) mass is 241 g/mol. The highest BCUT2D eigenvalue weighted by Crippen LogP contribution is 2.20. The molecule has 0 N–H and O–H groups in total. The van der Waals surface area contributed by atoms with Gasteiger partial charge in [0, 0.05) is 4.90 Å². The highest BCUT2D eigenvalue weighted by molar-refractivity contribution is 7.79. The first-order valence-corrected chi connectivity index (χ1v) is 5.80. The lowest BCUT2D eigenvalue weighted by molar-refractivity contribution is -0.142. The number of hydrogen-bond acceptors (Lipinski definition) is 4. The van der Waals surface area contributed by atoms with Crippen LogP contribution in [0, 0.1) is 5.41 Å². The van der Waals surface area contributed by atoms with Crippen LogP contribution in [0.1, 0.15) is 20.8 Å². The Labute approximate surface area is 96.9 Å². The lowest BCUT2D eigenvalue weighted by Gasteiger charge is -2.16. The fourth-order valence-electron chi connectivity index (χ4n) is 0.879. The van der Waals surface area contributed by atoms with Crippen LogP contribution in [0.25, 0.3) is 0 Å². The van der Waals surface area contributed by atoms with Crippen molar-refractivity contribution in [3.63, 3.8) is 0 Å². The van der Waals surface area contributed by atoms with Crippen molar-refractivity contribution >= 4 is 17.0 Å². The zero-order chi connectivity index (χ0) is 12.3. The minimum Gasteiger partial charge on any atom is -0.768 e. The third-order valence-corrected chi connectivity index (χ3v) is 2.50. The lowest BCUT2D eigenvalue weighted by atomic mass is 9.97. The first-order valence-electron chi connectivity index (χ1n) is 4.72. The quantitative estimate of drug-likeness (QED) is 0.450. The van der Waals surface area contributed by atoms with Crippen LogP contribution in [0.5, 0.6) is 5.75 Å². The molecular formula is C11H13O4S-. The van der Waals surface area contributed by atoms with Gasteiger partial charge in [0.15, 0.2) is 0 Å². The minimum absolute atomic E-state index is 0.163. The average molecular weight is 241 g/mol. The maximum atomic E-state index is 11.5. The predicted molar refractivity (Wildman–Crippen MR) is 58.7 cm³/mol. The molecule has 88 valence electrons. The molecule has 0 spiro atoms. The summed E-state index contributed by atoms with van der Waals surface area (Å²) in [4.78, 5) is 11.7. The lowest BCUT2D eigenvalue weighted by Crippen LogP contribution is -2.25. The molecule has 0 aliphatic carbocycles. The normalized spacial score (nSPS) is 13.2. The summed E-state index contributed by atoms with van der Waals surface area (Å²) in [6.45, 7) is 5.24. The molecule has 1 atom stereocenters. The number of rotatable bonds is 2. The number of hydrogen-bond donors (Lipinski definition) is 0. The largest absolute Gasteiger partial charge is 0.768 e. The van der Waals surface area contributed by atoms with Crippen LogP contribution in [0.4, 0.5) is 0 Å². The minimum atomic E-state index is -2.26. The summed E-state index contributed by atoms with van der Waals surface area (Å²) in [5.41, 5.74) is -0.583. The van der Waals surface area contributed by atoms with E-state index in [0.29, 0.717) is 5.75 Å². The van der Waals surface area contributed by atoms with E-state index in [1.807, 2.05) is 0 Å². The highest BCUT2D eigenvalue weighted by atomic mass is 32.2. The number of ether oxygens (including phenoxy) is 1. The molecule has 1 unspecified atom stereocenters. The molecular weight excluding hydrogens is 228 g/mol. The molecule has 0 aromatic heterocycles. The van der Waals surface area contributed by atoms with E-state index in [9.17, 15) is 13.6 Å². The number of esters is 1. The number of carbonyl (C=O) groups is 1. The zero-order valence-corrected chi connectivity index (χ0v) is 10.2. The van der Waals surface area contributed by atoms with Gasteiger partial charge in [-0.05, 0) is 56.1 Å². The van der Waals surface area contributed by atoms with E-state index in [-0.39, 0.29) is 10.9 Å². The van der Waals surface area contributed by atoms with Gasteiger partial charge in [-0.15, -0.1) is 0 Å². The summed E-state index contributed by atoms with van der Waals surface area (Å²) in [6, 6.07) is 5.67. The van der Waals surface area contributed by atoms with E-state index < -0.39 is 16.5 Å². The van der Waals surface area contributed by atoms with Gasteiger partial charge in [0.2, 0.25) is 0 Å². The van der Waals surface area contributed by atoms with Crippen LogP contribution in [0.3, 0.4) is 0 Å². The van der Waals surface area contributed by atoms with Crippen molar-refractivity contribution in [1.29, 1.82) is 0 Å². The van der Waals surface area contributed by atoms with E-state index >= 15 is 0 Å². The van der Waals surface area contributed by atoms with E-state index in [1.165, 1.54) is 24.3 Å². The highest BCUT2D eigenvalue weighted by Gasteiger charge is 2.23. The van der Waals surface area contributed by atoms with Crippen LogP contribution < -0.4 is 4.74 Å². The second-order valence-corrected chi connectivity index (χ2v) is 5.29. The second kappa shape index (κ2) is 4.76. The Balaban J connectivity index is 2.77. The van der Waals surface area contributed by atoms with E-state index in [4.69, 9.17) is 4.74 Å². The van der Waals surface area contributed by atoms with Gasteiger partial charge in [-0.1, -0.05) is 0 Å². The molecule has 0 amide bonds. The summed E-state index contributed by atoms with van der Waals surface area (Å²) in [5, 5.41) is 0. The van der Waals surface area contributed by atoms with Crippen molar-refractivity contribution < 1.29 is 18.3 Å². The molecule has 5 heteroatoms. The van der Waals surface area contributed by atoms with Crippen molar-refractivity contribution in [2.45, 2.75) is 25.7 Å². The van der Waals surface area contributed by atoms with Crippen molar-refractivity contribution in [2.75, 3.05) is 0 Å². The molecule has 0 aliphatic heterocycles. The fourth-order valence-corrected chi connectivity index (χ4v) is 1.24. The topological polar surface area (TPSA) is 66.4 Å². The zero-order valence-electron chi connectivity index (χ0n) is 9.35. The first-order chi connectivity index (χ1) is 7.30. The van der Waals surface area contributed by atoms with Crippen LogP contribution in [0.2, 0.25) is 0 Å². The Kier molecular flexibility index (Phi) is 3.83. The molecule has 0 saturated heterocycles. The number of benzene rings is 1. The van der Waals surface area contributed by atoms with Gasteiger partial charge in [-0.2, -0.15) is 0 Å². The average Bonchev–Trinajstić information content (AvgIpc) is 2.17. The predicted octanol–water partition coefficient (Wildman–Crippen LogP) is 1.88. The molecule has 4 nitrogen and oxygen atoms in total. The van der Waals surface area contributed by atoms with E-state index in [0.717, 1.165) is 0 Å². The maximum Gasteiger partial charge on any atom is 0.316 e. The Hall–Kier alpha value is -1.20. The van der Waals surface area contributed by atoms with Gasteiger partial charge < -0.3 is 9.29 Å². The van der Waals surface area contributed by atoms with Gasteiger partial charge in [0.05, 0.1) is 5.41 Å². The summed E-state index contributed by atoms with van der Waals surface area (Å²) in [6.07, 6.45) is 0. The molecule has 0 bridgehead atoms. The summed E-state index contributed by atoms with van der Waals surface area (Å²) in [7, 11) is 0. The Bertz CT molecular complexity index is 403. The third kappa shape index (κ3) is 3.43. The van der Waals surface area contributed by atoms with E-state index in [2.05, 4.69) is 0 Å². The molecule has 0 saturated carbocycles. The second-order valence-electron chi connectivity index (χ2n) is 4.35. The van der Waals surface area contributed by atoms with Gasteiger partial charge in [-0.3, -0.25) is 9.00 Å². The summed E-state index contributed by atoms with van der Waals surface area (Å²) >= 11 is -2.26. The van der Waals surface area contributed by atoms with Crippen molar-refractivity contribution in [1.82, 2.24) is 0 Å². The number of carbonyl (C=O) groups excluding carboxylic acids is 1. The van der Waals surface area contributed by atoms with Crippen molar-refractivity contribution in [3.8, 4) is 5.75 Å². The Morgan fingerprint density at radius 2 is 1.75 bits per heavy atom. The molecule has 0 fully saturated rings. The Morgan fingerprint density at radius 3 is 2.12 bits per heavy atom. The molecule has 0 radical (unpaired) electrons.